The zero-order valence-corrected chi connectivity index (χ0v) is 12.0. The van der Waals surface area contributed by atoms with Crippen molar-refractivity contribution < 1.29 is 9.78 Å². The zero-order valence-electron chi connectivity index (χ0n) is 12.0. The van der Waals surface area contributed by atoms with Gasteiger partial charge in [-0.05, 0) is 17.3 Å². The SMILES string of the molecule is CCCCC1OOC1(C(C)(C)C)C(C)(C)C. The van der Waals surface area contributed by atoms with Gasteiger partial charge in [0.2, 0.25) is 0 Å². The fourth-order valence-corrected chi connectivity index (χ4v) is 3.19. The lowest BCUT2D eigenvalue weighted by Crippen LogP contribution is -2.70. The average molecular weight is 228 g/mol. The minimum atomic E-state index is -0.158. The van der Waals surface area contributed by atoms with Crippen molar-refractivity contribution in [2.45, 2.75) is 79.4 Å². The van der Waals surface area contributed by atoms with Crippen molar-refractivity contribution >= 4 is 0 Å². The molecule has 1 atom stereocenters. The summed E-state index contributed by atoms with van der Waals surface area (Å²) < 4.78 is 0. The summed E-state index contributed by atoms with van der Waals surface area (Å²) in [6.07, 6.45) is 3.77. The van der Waals surface area contributed by atoms with Gasteiger partial charge in [0.05, 0.1) is 0 Å². The van der Waals surface area contributed by atoms with Crippen LogP contribution in [0.1, 0.15) is 67.7 Å². The number of hydrogen-bond donors (Lipinski definition) is 0. The van der Waals surface area contributed by atoms with Gasteiger partial charge in [0.1, 0.15) is 11.7 Å². The van der Waals surface area contributed by atoms with Gasteiger partial charge in [0, 0.05) is 0 Å². The largest absolute Gasteiger partial charge is 0.229 e. The third kappa shape index (κ3) is 2.02. The third-order valence-electron chi connectivity index (χ3n) is 3.80. The second-order valence-corrected chi connectivity index (χ2v) is 7.05. The van der Waals surface area contributed by atoms with Gasteiger partial charge in [-0.15, -0.1) is 0 Å². The molecular formula is C14H28O2. The van der Waals surface area contributed by atoms with Crippen molar-refractivity contribution in [2.24, 2.45) is 10.8 Å². The first-order chi connectivity index (χ1) is 7.17. The first-order valence-corrected chi connectivity index (χ1v) is 6.51. The van der Waals surface area contributed by atoms with E-state index in [2.05, 4.69) is 48.5 Å². The molecule has 0 aromatic rings. The molecule has 1 aliphatic rings. The van der Waals surface area contributed by atoms with Crippen LogP contribution in [-0.4, -0.2) is 11.7 Å². The number of hydrogen-bond acceptors (Lipinski definition) is 2. The van der Waals surface area contributed by atoms with Crippen LogP contribution in [-0.2, 0) is 9.78 Å². The van der Waals surface area contributed by atoms with Gasteiger partial charge in [-0.25, -0.2) is 9.78 Å². The Morgan fingerprint density at radius 1 is 1.00 bits per heavy atom. The Hall–Kier alpha value is -0.0800. The highest BCUT2D eigenvalue weighted by Gasteiger charge is 2.64. The summed E-state index contributed by atoms with van der Waals surface area (Å²) in [7, 11) is 0. The van der Waals surface area contributed by atoms with Crippen molar-refractivity contribution in [1.82, 2.24) is 0 Å². The average Bonchev–Trinajstić information content (AvgIpc) is 1.97. The molecule has 1 fully saturated rings. The topological polar surface area (TPSA) is 18.5 Å². The first kappa shape index (κ1) is 14.0. The molecule has 0 aromatic carbocycles. The van der Waals surface area contributed by atoms with E-state index in [9.17, 15) is 0 Å². The normalized spacial score (nSPS) is 25.3. The number of rotatable bonds is 3. The molecule has 0 saturated carbocycles. The van der Waals surface area contributed by atoms with Crippen LogP contribution < -0.4 is 0 Å². The molecule has 96 valence electrons. The van der Waals surface area contributed by atoms with Crippen molar-refractivity contribution in [3.63, 3.8) is 0 Å². The molecule has 0 aromatic heterocycles. The Labute approximate surface area is 101 Å². The molecule has 1 aliphatic heterocycles. The van der Waals surface area contributed by atoms with E-state index in [1.165, 1.54) is 12.8 Å². The molecule has 0 amide bonds. The van der Waals surface area contributed by atoms with E-state index in [4.69, 9.17) is 9.78 Å². The second-order valence-electron chi connectivity index (χ2n) is 7.05. The van der Waals surface area contributed by atoms with Gasteiger partial charge in [-0.2, -0.15) is 0 Å². The molecule has 0 bridgehead atoms. The van der Waals surface area contributed by atoms with Crippen molar-refractivity contribution in [3.8, 4) is 0 Å². The van der Waals surface area contributed by atoms with E-state index in [-0.39, 0.29) is 22.5 Å². The molecule has 2 heteroatoms. The van der Waals surface area contributed by atoms with E-state index >= 15 is 0 Å². The van der Waals surface area contributed by atoms with E-state index in [1.807, 2.05) is 0 Å². The molecule has 1 saturated heterocycles. The summed E-state index contributed by atoms with van der Waals surface area (Å²) >= 11 is 0. The summed E-state index contributed by atoms with van der Waals surface area (Å²) in [5.74, 6) is 0. The highest BCUT2D eigenvalue weighted by atomic mass is 17.3. The van der Waals surface area contributed by atoms with Crippen LogP contribution >= 0.6 is 0 Å². The molecule has 1 rings (SSSR count). The van der Waals surface area contributed by atoms with Crippen LogP contribution in [0.3, 0.4) is 0 Å². The first-order valence-electron chi connectivity index (χ1n) is 6.51. The minimum absolute atomic E-state index is 0.0991. The van der Waals surface area contributed by atoms with E-state index in [0.29, 0.717) is 0 Å². The fourth-order valence-electron chi connectivity index (χ4n) is 3.19. The Bertz CT molecular complexity index is 218. The smallest absolute Gasteiger partial charge is 0.142 e. The second kappa shape index (κ2) is 4.30. The maximum Gasteiger partial charge on any atom is 0.142 e. The van der Waals surface area contributed by atoms with Gasteiger partial charge < -0.3 is 0 Å². The van der Waals surface area contributed by atoms with Crippen molar-refractivity contribution in [1.29, 1.82) is 0 Å². The maximum atomic E-state index is 5.66. The lowest BCUT2D eigenvalue weighted by molar-refractivity contribution is -0.551. The predicted molar refractivity (Wildman–Crippen MR) is 67.1 cm³/mol. The van der Waals surface area contributed by atoms with E-state index in [1.54, 1.807) is 0 Å². The van der Waals surface area contributed by atoms with Crippen LogP contribution in [0.25, 0.3) is 0 Å². The molecule has 0 aliphatic carbocycles. The van der Waals surface area contributed by atoms with Crippen LogP contribution in [0.2, 0.25) is 0 Å². The molecule has 0 N–H and O–H groups in total. The third-order valence-corrected chi connectivity index (χ3v) is 3.80. The zero-order chi connectivity index (χ0) is 12.6. The van der Waals surface area contributed by atoms with Gasteiger partial charge >= 0.3 is 0 Å². The van der Waals surface area contributed by atoms with Gasteiger partial charge in [0.15, 0.2) is 0 Å². The van der Waals surface area contributed by atoms with Gasteiger partial charge in [-0.3, -0.25) is 0 Å². The van der Waals surface area contributed by atoms with Gasteiger partial charge in [-0.1, -0.05) is 61.3 Å². The summed E-state index contributed by atoms with van der Waals surface area (Å²) in [5.41, 5.74) is 0.0407. The fraction of sp³-hybridized carbons (Fsp3) is 1.00. The summed E-state index contributed by atoms with van der Waals surface area (Å²) in [6, 6.07) is 0. The van der Waals surface area contributed by atoms with Crippen molar-refractivity contribution in [3.05, 3.63) is 0 Å². The van der Waals surface area contributed by atoms with Crippen LogP contribution in [0.15, 0.2) is 0 Å². The summed E-state index contributed by atoms with van der Waals surface area (Å²) in [4.78, 5) is 11.1. The maximum absolute atomic E-state index is 5.66. The minimum Gasteiger partial charge on any atom is -0.229 e. The quantitative estimate of drug-likeness (QED) is 0.669. The molecule has 16 heavy (non-hydrogen) atoms. The van der Waals surface area contributed by atoms with Crippen LogP contribution in [0, 0.1) is 10.8 Å². The Morgan fingerprint density at radius 2 is 1.50 bits per heavy atom. The van der Waals surface area contributed by atoms with Crippen LogP contribution in [0.5, 0.6) is 0 Å². The summed E-state index contributed by atoms with van der Waals surface area (Å²) in [5, 5.41) is 0. The Kier molecular flexibility index (Phi) is 3.76. The monoisotopic (exact) mass is 228 g/mol. The lowest BCUT2D eigenvalue weighted by Gasteiger charge is -2.61. The standard InChI is InChI=1S/C14H28O2/c1-8-9-10-11-14(16-15-11,12(2,3)4)13(5,6)7/h11H,8-10H2,1-7H3. The predicted octanol–water partition coefficient (Wildman–Crippen LogP) is 4.34. The van der Waals surface area contributed by atoms with Crippen LogP contribution in [0.4, 0.5) is 0 Å². The lowest BCUT2D eigenvalue weighted by atomic mass is 9.58. The molecule has 1 heterocycles. The van der Waals surface area contributed by atoms with Crippen molar-refractivity contribution in [2.75, 3.05) is 0 Å². The Morgan fingerprint density at radius 3 is 1.75 bits per heavy atom. The number of unbranched alkanes of at least 4 members (excludes halogenated alkanes) is 1. The Balaban J connectivity index is 2.90. The summed E-state index contributed by atoms with van der Waals surface area (Å²) in [6.45, 7) is 15.7. The molecule has 0 radical (unpaired) electrons. The molecule has 0 spiro atoms. The highest BCUT2D eigenvalue weighted by Crippen LogP contribution is 2.56. The van der Waals surface area contributed by atoms with E-state index < -0.39 is 0 Å². The van der Waals surface area contributed by atoms with E-state index in [0.717, 1.165) is 6.42 Å². The molecule has 1 unspecified atom stereocenters. The highest BCUT2D eigenvalue weighted by molar-refractivity contribution is 5.08. The van der Waals surface area contributed by atoms with Gasteiger partial charge in [0.25, 0.3) is 0 Å². The molecular weight excluding hydrogens is 200 g/mol. The molecule has 2 nitrogen and oxygen atoms in total.